The van der Waals surface area contributed by atoms with Crippen molar-refractivity contribution in [1.82, 2.24) is 15.0 Å². The van der Waals surface area contributed by atoms with Crippen molar-refractivity contribution in [3.05, 3.63) is 52.9 Å². The zero-order valence-corrected chi connectivity index (χ0v) is 20.0. The lowest BCUT2D eigenvalue weighted by molar-refractivity contribution is -0.174. The fourth-order valence-electron chi connectivity index (χ4n) is 4.60. The molecule has 0 amide bonds. The first-order valence-corrected chi connectivity index (χ1v) is 12.0. The Hall–Kier alpha value is -3.05. The molecule has 1 aliphatic rings. The van der Waals surface area contributed by atoms with Gasteiger partial charge in [0, 0.05) is 18.1 Å². The number of hydrogen-bond donors (Lipinski definition) is 3. The van der Waals surface area contributed by atoms with Gasteiger partial charge in [-0.1, -0.05) is 25.3 Å². The number of rotatable bonds is 6. The van der Waals surface area contributed by atoms with E-state index in [1.54, 1.807) is 18.3 Å². The number of carboxylic acids is 1. The lowest BCUT2D eigenvalue weighted by Crippen LogP contribution is -2.50. The molecule has 3 aromatic rings. The van der Waals surface area contributed by atoms with Crippen LogP contribution in [0, 0.1) is 12.3 Å². The standard InChI is InChI=1S/C24H25F3N4O3S/c1-14-10-15(12-16(11-14)30-21-28-9-6-18(31-21)24(25,26)27)17-13-29-19(35-17)22(2,34)23(20(32)33)7-4-3-5-8-23/h6,9-13,34H,3-5,7-8H2,1-2H3,(H,32,33)(H,28,30,31)/t22-/m1/s1. The van der Waals surface area contributed by atoms with Crippen LogP contribution in [0.5, 0.6) is 0 Å². The first kappa shape index (κ1) is 25.1. The summed E-state index contributed by atoms with van der Waals surface area (Å²) in [4.78, 5) is 24.7. The van der Waals surface area contributed by atoms with E-state index < -0.39 is 28.9 Å². The molecule has 11 heteroatoms. The number of alkyl halides is 3. The molecule has 2 aromatic heterocycles. The van der Waals surface area contributed by atoms with Crippen molar-refractivity contribution in [2.24, 2.45) is 5.41 Å². The highest BCUT2D eigenvalue weighted by Crippen LogP contribution is 2.51. The Bertz CT molecular complexity index is 1240. The number of aromatic nitrogens is 3. The Kier molecular flexibility index (Phi) is 6.58. The smallest absolute Gasteiger partial charge is 0.433 e. The predicted octanol–water partition coefficient (Wildman–Crippen LogP) is 5.91. The molecule has 0 radical (unpaired) electrons. The number of benzene rings is 1. The number of aryl methyl sites for hydroxylation is 1. The molecule has 35 heavy (non-hydrogen) atoms. The first-order valence-electron chi connectivity index (χ1n) is 11.1. The highest BCUT2D eigenvalue weighted by molar-refractivity contribution is 7.15. The maximum Gasteiger partial charge on any atom is 0.433 e. The minimum Gasteiger partial charge on any atom is -0.481 e. The number of hydrogen-bond acceptors (Lipinski definition) is 7. The molecule has 186 valence electrons. The Morgan fingerprint density at radius 3 is 2.51 bits per heavy atom. The van der Waals surface area contributed by atoms with Crippen molar-refractivity contribution < 1.29 is 28.2 Å². The van der Waals surface area contributed by atoms with Crippen LogP contribution >= 0.6 is 11.3 Å². The average molecular weight is 507 g/mol. The number of halogens is 3. The van der Waals surface area contributed by atoms with Gasteiger partial charge in [0.25, 0.3) is 0 Å². The van der Waals surface area contributed by atoms with Crippen LogP contribution in [0.15, 0.2) is 36.7 Å². The summed E-state index contributed by atoms with van der Waals surface area (Å²) >= 11 is 1.20. The number of nitrogens with zero attached hydrogens (tertiary/aromatic N) is 3. The molecule has 0 bridgehead atoms. The summed E-state index contributed by atoms with van der Waals surface area (Å²) in [6.45, 7) is 3.35. The molecule has 0 saturated heterocycles. The maximum atomic E-state index is 13.0. The van der Waals surface area contributed by atoms with Crippen molar-refractivity contribution in [1.29, 1.82) is 0 Å². The van der Waals surface area contributed by atoms with Gasteiger partial charge in [0.15, 0.2) is 0 Å². The van der Waals surface area contributed by atoms with Gasteiger partial charge < -0.3 is 15.5 Å². The van der Waals surface area contributed by atoms with E-state index in [0.717, 1.165) is 37.1 Å². The molecule has 2 heterocycles. The van der Waals surface area contributed by atoms with Crippen LogP contribution in [0.2, 0.25) is 0 Å². The van der Waals surface area contributed by atoms with E-state index in [0.29, 0.717) is 34.0 Å². The second-order valence-electron chi connectivity index (χ2n) is 9.03. The zero-order chi connectivity index (χ0) is 25.4. The largest absolute Gasteiger partial charge is 0.481 e. The average Bonchev–Trinajstić information content (AvgIpc) is 3.30. The van der Waals surface area contributed by atoms with Crippen molar-refractivity contribution in [2.45, 2.75) is 57.7 Å². The Balaban J connectivity index is 1.64. The number of anilines is 2. The van der Waals surface area contributed by atoms with Gasteiger partial charge in [0.2, 0.25) is 5.95 Å². The van der Waals surface area contributed by atoms with Gasteiger partial charge in [-0.2, -0.15) is 13.2 Å². The van der Waals surface area contributed by atoms with Crippen molar-refractivity contribution in [3.8, 4) is 10.4 Å². The minimum atomic E-state index is -4.58. The summed E-state index contributed by atoms with van der Waals surface area (Å²) in [5.74, 6) is -1.22. The van der Waals surface area contributed by atoms with Gasteiger partial charge in [-0.05, 0) is 56.0 Å². The molecule has 0 aliphatic heterocycles. The summed E-state index contributed by atoms with van der Waals surface area (Å²) < 4.78 is 39.0. The van der Waals surface area contributed by atoms with Crippen molar-refractivity contribution >= 4 is 28.9 Å². The third-order valence-electron chi connectivity index (χ3n) is 6.53. The van der Waals surface area contributed by atoms with Crippen LogP contribution in [0.1, 0.15) is 55.3 Å². The minimum absolute atomic E-state index is 0.190. The van der Waals surface area contributed by atoms with E-state index in [9.17, 15) is 28.2 Å². The molecule has 1 aliphatic carbocycles. The van der Waals surface area contributed by atoms with Crippen molar-refractivity contribution in [3.63, 3.8) is 0 Å². The molecular formula is C24H25F3N4O3S. The fourth-order valence-corrected chi connectivity index (χ4v) is 5.65. The normalized spacial score (nSPS) is 17.5. The SMILES string of the molecule is Cc1cc(Nc2nccc(C(F)(F)F)n2)cc(-c2cnc([C@@](C)(O)C3(C(=O)O)CCCCC3)s2)c1. The molecular weight excluding hydrogens is 481 g/mol. The first-order chi connectivity index (χ1) is 16.4. The van der Waals surface area contributed by atoms with Crippen LogP contribution in [0.25, 0.3) is 10.4 Å². The monoisotopic (exact) mass is 506 g/mol. The second-order valence-corrected chi connectivity index (χ2v) is 10.1. The third-order valence-corrected chi connectivity index (χ3v) is 7.79. The maximum absolute atomic E-state index is 13.0. The quantitative estimate of drug-likeness (QED) is 0.381. The van der Waals surface area contributed by atoms with Gasteiger partial charge in [-0.15, -0.1) is 11.3 Å². The van der Waals surface area contributed by atoms with Crippen LogP contribution in [0.3, 0.4) is 0 Å². The number of carbonyl (C=O) groups is 1. The summed E-state index contributed by atoms with van der Waals surface area (Å²) in [7, 11) is 0. The van der Waals surface area contributed by atoms with Crippen LogP contribution in [-0.2, 0) is 16.6 Å². The highest BCUT2D eigenvalue weighted by atomic mass is 32.1. The number of nitrogens with one attached hydrogen (secondary N) is 1. The Morgan fingerprint density at radius 2 is 1.86 bits per heavy atom. The topological polar surface area (TPSA) is 108 Å². The number of aliphatic hydroxyl groups is 1. The van der Waals surface area contributed by atoms with Gasteiger partial charge in [-0.3, -0.25) is 4.79 Å². The number of thiazole rings is 1. The second kappa shape index (κ2) is 9.19. The molecule has 1 fully saturated rings. The fraction of sp³-hybridized carbons (Fsp3) is 0.417. The third kappa shape index (κ3) is 4.87. The van der Waals surface area contributed by atoms with Crippen LogP contribution in [0.4, 0.5) is 24.8 Å². The predicted molar refractivity (Wildman–Crippen MR) is 125 cm³/mol. The van der Waals surface area contributed by atoms with E-state index in [-0.39, 0.29) is 5.95 Å². The van der Waals surface area contributed by atoms with Gasteiger partial charge in [0.05, 0.1) is 4.88 Å². The Morgan fingerprint density at radius 1 is 1.14 bits per heavy atom. The molecule has 1 atom stereocenters. The summed E-state index contributed by atoms with van der Waals surface area (Å²) in [6, 6.07) is 6.13. The molecule has 0 spiro atoms. The molecule has 1 aromatic carbocycles. The lowest BCUT2D eigenvalue weighted by Gasteiger charge is -2.43. The molecule has 0 unspecified atom stereocenters. The van der Waals surface area contributed by atoms with Gasteiger partial charge >= 0.3 is 12.1 Å². The number of aliphatic carboxylic acids is 1. The van der Waals surface area contributed by atoms with E-state index >= 15 is 0 Å². The van der Waals surface area contributed by atoms with Crippen LogP contribution < -0.4 is 5.32 Å². The molecule has 1 saturated carbocycles. The molecule has 7 nitrogen and oxygen atoms in total. The van der Waals surface area contributed by atoms with Crippen LogP contribution in [-0.4, -0.2) is 31.1 Å². The van der Waals surface area contributed by atoms with E-state index in [1.165, 1.54) is 18.3 Å². The molecule has 4 rings (SSSR count). The summed E-state index contributed by atoms with van der Waals surface area (Å²) in [5.41, 5.74) is -1.98. The van der Waals surface area contributed by atoms with E-state index in [2.05, 4.69) is 20.3 Å². The molecule has 3 N–H and O–H groups in total. The lowest BCUT2D eigenvalue weighted by atomic mass is 9.64. The van der Waals surface area contributed by atoms with E-state index in [4.69, 9.17) is 0 Å². The Labute approximate surface area is 204 Å². The van der Waals surface area contributed by atoms with Gasteiger partial charge in [-0.25, -0.2) is 15.0 Å². The van der Waals surface area contributed by atoms with Gasteiger partial charge in [0.1, 0.15) is 21.7 Å². The highest BCUT2D eigenvalue weighted by Gasteiger charge is 2.55. The zero-order valence-electron chi connectivity index (χ0n) is 19.2. The number of carboxylic acid groups (broad SMARTS) is 1. The summed E-state index contributed by atoms with van der Waals surface area (Å²) in [6.07, 6.45) is 1.17. The van der Waals surface area contributed by atoms with E-state index in [1.807, 2.05) is 13.0 Å². The summed E-state index contributed by atoms with van der Waals surface area (Å²) in [5, 5.41) is 24.6. The van der Waals surface area contributed by atoms with Crippen molar-refractivity contribution in [2.75, 3.05) is 5.32 Å².